The second-order valence-corrected chi connectivity index (χ2v) is 3.21. The maximum absolute atomic E-state index is 9.01. The minimum Gasteiger partial charge on any atom is -0.497 e. The van der Waals surface area contributed by atoms with E-state index in [9.17, 15) is 0 Å². The largest absolute Gasteiger partial charge is 0.497 e. The lowest BCUT2D eigenvalue weighted by atomic mass is 9.99. The van der Waals surface area contributed by atoms with E-state index < -0.39 is 0 Å². The van der Waals surface area contributed by atoms with Gasteiger partial charge in [0, 0.05) is 0 Å². The lowest BCUT2D eigenvalue weighted by molar-refractivity contribution is 0.267. The number of nitrogens with two attached hydrogens (primary N) is 1. The van der Waals surface area contributed by atoms with E-state index in [1.54, 1.807) is 7.11 Å². The van der Waals surface area contributed by atoms with E-state index in [1.165, 1.54) is 0 Å². The molecule has 0 fully saturated rings. The topological polar surface area (TPSA) is 55.5 Å². The molecule has 0 unspecified atom stereocenters. The van der Waals surface area contributed by atoms with E-state index in [1.807, 2.05) is 18.2 Å². The van der Waals surface area contributed by atoms with E-state index in [0.717, 1.165) is 23.3 Å². The van der Waals surface area contributed by atoms with Gasteiger partial charge in [-0.1, -0.05) is 13.0 Å². The number of hydrogen-bond acceptors (Lipinski definition) is 3. The van der Waals surface area contributed by atoms with Crippen molar-refractivity contribution in [2.45, 2.75) is 19.4 Å². The van der Waals surface area contributed by atoms with Gasteiger partial charge < -0.3 is 15.6 Å². The first-order chi connectivity index (χ1) is 6.72. The van der Waals surface area contributed by atoms with E-state index in [4.69, 9.17) is 15.6 Å². The minimum atomic E-state index is -0.319. The fourth-order valence-corrected chi connectivity index (χ4v) is 1.47. The maximum atomic E-state index is 9.01. The Morgan fingerprint density at radius 2 is 2.21 bits per heavy atom. The summed E-state index contributed by atoms with van der Waals surface area (Å²) in [5.41, 5.74) is 7.92. The molecular formula is C11H17NO2. The van der Waals surface area contributed by atoms with Crippen molar-refractivity contribution in [3.8, 4) is 5.75 Å². The van der Waals surface area contributed by atoms with Gasteiger partial charge in [-0.25, -0.2) is 0 Å². The molecule has 0 radical (unpaired) electrons. The Balaban J connectivity index is 3.08. The van der Waals surface area contributed by atoms with Crippen molar-refractivity contribution < 1.29 is 9.84 Å². The molecule has 3 N–H and O–H groups in total. The number of ether oxygens (including phenoxy) is 1. The van der Waals surface area contributed by atoms with Gasteiger partial charge in [0.25, 0.3) is 0 Å². The van der Waals surface area contributed by atoms with Crippen molar-refractivity contribution in [2.24, 2.45) is 5.73 Å². The van der Waals surface area contributed by atoms with Crippen LogP contribution in [0.1, 0.15) is 24.1 Å². The SMILES string of the molecule is CCc1ccc(OC)cc1[C@H](N)CO. The van der Waals surface area contributed by atoms with Crippen LogP contribution in [0.4, 0.5) is 0 Å². The Morgan fingerprint density at radius 3 is 2.71 bits per heavy atom. The molecule has 78 valence electrons. The molecule has 0 aliphatic rings. The van der Waals surface area contributed by atoms with Gasteiger partial charge in [-0.15, -0.1) is 0 Å². The summed E-state index contributed by atoms with van der Waals surface area (Å²) in [7, 11) is 1.62. The fraction of sp³-hybridized carbons (Fsp3) is 0.455. The van der Waals surface area contributed by atoms with Gasteiger partial charge in [0.1, 0.15) is 5.75 Å². The smallest absolute Gasteiger partial charge is 0.119 e. The molecule has 0 amide bonds. The number of aryl methyl sites for hydroxylation is 1. The van der Waals surface area contributed by atoms with E-state index in [2.05, 4.69) is 6.92 Å². The zero-order valence-corrected chi connectivity index (χ0v) is 8.66. The molecule has 0 spiro atoms. The Kier molecular flexibility index (Phi) is 3.92. The van der Waals surface area contributed by atoms with Crippen LogP contribution in [0.25, 0.3) is 0 Å². The summed E-state index contributed by atoms with van der Waals surface area (Å²) >= 11 is 0. The molecule has 0 aromatic heterocycles. The molecule has 0 heterocycles. The van der Waals surface area contributed by atoms with Crippen LogP contribution in [0.15, 0.2) is 18.2 Å². The molecule has 1 rings (SSSR count). The van der Waals surface area contributed by atoms with E-state index in [-0.39, 0.29) is 12.6 Å². The van der Waals surface area contributed by atoms with Crippen molar-refractivity contribution in [1.82, 2.24) is 0 Å². The highest BCUT2D eigenvalue weighted by Gasteiger charge is 2.10. The van der Waals surface area contributed by atoms with Crippen LogP contribution < -0.4 is 10.5 Å². The molecule has 0 aliphatic carbocycles. The summed E-state index contributed by atoms with van der Waals surface area (Å²) in [5.74, 6) is 0.779. The van der Waals surface area contributed by atoms with Gasteiger partial charge in [-0.2, -0.15) is 0 Å². The van der Waals surface area contributed by atoms with Gasteiger partial charge in [0.05, 0.1) is 19.8 Å². The third-order valence-corrected chi connectivity index (χ3v) is 2.33. The number of methoxy groups -OCH3 is 1. The molecular weight excluding hydrogens is 178 g/mol. The van der Waals surface area contributed by atoms with Gasteiger partial charge in [-0.3, -0.25) is 0 Å². The monoisotopic (exact) mass is 195 g/mol. The molecule has 3 heteroatoms. The second-order valence-electron chi connectivity index (χ2n) is 3.21. The highest BCUT2D eigenvalue weighted by molar-refractivity contribution is 5.37. The maximum Gasteiger partial charge on any atom is 0.119 e. The molecule has 3 nitrogen and oxygen atoms in total. The normalized spacial score (nSPS) is 12.6. The molecule has 0 bridgehead atoms. The van der Waals surface area contributed by atoms with E-state index in [0.29, 0.717) is 0 Å². The first-order valence-corrected chi connectivity index (χ1v) is 4.76. The third-order valence-electron chi connectivity index (χ3n) is 2.33. The number of aliphatic hydroxyl groups excluding tert-OH is 1. The van der Waals surface area contributed by atoms with Crippen molar-refractivity contribution in [1.29, 1.82) is 0 Å². The van der Waals surface area contributed by atoms with Gasteiger partial charge >= 0.3 is 0 Å². The average molecular weight is 195 g/mol. The minimum absolute atomic E-state index is 0.0415. The van der Waals surface area contributed by atoms with Gasteiger partial charge in [0.2, 0.25) is 0 Å². The molecule has 0 saturated carbocycles. The zero-order valence-electron chi connectivity index (χ0n) is 8.66. The third kappa shape index (κ3) is 2.25. The summed E-state index contributed by atoms with van der Waals surface area (Å²) in [4.78, 5) is 0. The molecule has 0 saturated heterocycles. The predicted molar refractivity (Wildman–Crippen MR) is 56.4 cm³/mol. The Labute approximate surface area is 84.5 Å². The molecule has 1 aromatic carbocycles. The number of hydrogen-bond donors (Lipinski definition) is 2. The van der Waals surface area contributed by atoms with E-state index >= 15 is 0 Å². The molecule has 0 aliphatic heterocycles. The van der Waals surface area contributed by atoms with Crippen LogP contribution in [0, 0.1) is 0 Å². The second kappa shape index (κ2) is 4.98. The van der Waals surface area contributed by atoms with Crippen molar-refractivity contribution in [2.75, 3.05) is 13.7 Å². The van der Waals surface area contributed by atoms with Crippen LogP contribution >= 0.6 is 0 Å². The van der Waals surface area contributed by atoms with Crippen LogP contribution in [-0.2, 0) is 6.42 Å². The Bertz CT molecular complexity index is 299. The van der Waals surface area contributed by atoms with Crippen LogP contribution in [-0.4, -0.2) is 18.8 Å². The van der Waals surface area contributed by atoms with Crippen molar-refractivity contribution >= 4 is 0 Å². The van der Waals surface area contributed by atoms with Gasteiger partial charge in [0.15, 0.2) is 0 Å². The Hall–Kier alpha value is -1.06. The zero-order chi connectivity index (χ0) is 10.6. The number of benzene rings is 1. The lowest BCUT2D eigenvalue weighted by Crippen LogP contribution is -2.16. The van der Waals surface area contributed by atoms with Gasteiger partial charge in [-0.05, 0) is 29.7 Å². The predicted octanol–water partition coefficient (Wildman–Crippen LogP) is 1.25. The van der Waals surface area contributed by atoms with Crippen LogP contribution in [0.2, 0.25) is 0 Å². The summed E-state index contributed by atoms with van der Waals surface area (Å²) in [6.07, 6.45) is 0.910. The fourth-order valence-electron chi connectivity index (χ4n) is 1.47. The van der Waals surface area contributed by atoms with Crippen LogP contribution in [0.3, 0.4) is 0 Å². The van der Waals surface area contributed by atoms with Crippen molar-refractivity contribution in [3.05, 3.63) is 29.3 Å². The lowest BCUT2D eigenvalue weighted by Gasteiger charge is -2.14. The molecule has 1 aromatic rings. The standard InChI is InChI=1S/C11H17NO2/c1-3-8-4-5-9(14-2)6-10(8)11(12)7-13/h4-6,11,13H,3,7,12H2,1-2H3/t11-/m1/s1. The first kappa shape index (κ1) is 11.0. The summed E-state index contributed by atoms with van der Waals surface area (Å²) in [6, 6.07) is 5.47. The Morgan fingerprint density at radius 1 is 1.50 bits per heavy atom. The molecule has 1 atom stereocenters. The quantitative estimate of drug-likeness (QED) is 0.760. The summed E-state index contributed by atoms with van der Waals surface area (Å²) in [5, 5.41) is 9.01. The summed E-state index contributed by atoms with van der Waals surface area (Å²) < 4.78 is 5.11. The summed E-state index contributed by atoms with van der Waals surface area (Å²) in [6.45, 7) is 2.02. The highest BCUT2D eigenvalue weighted by Crippen LogP contribution is 2.22. The average Bonchev–Trinajstić information content (AvgIpc) is 2.27. The van der Waals surface area contributed by atoms with Crippen LogP contribution in [0.5, 0.6) is 5.75 Å². The molecule has 14 heavy (non-hydrogen) atoms. The van der Waals surface area contributed by atoms with Crippen molar-refractivity contribution in [3.63, 3.8) is 0 Å². The number of rotatable bonds is 4. The number of aliphatic hydroxyl groups is 1. The highest BCUT2D eigenvalue weighted by atomic mass is 16.5. The first-order valence-electron chi connectivity index (χ1n) is 4.76.